The lowest BCUT2D eigenvalue weighted by molar-refractivity contribution is 0.101. The van der Waals surface area contributed by atoms with E-state index in [-0.39, 0.29) is 11.6 Å². The predicted molar refractivity (Wildman–Crippen MR) is 61.1 cm³/mol. The fourth-order valence-corrected chi connectivity index (χ4v) is 1.59. The molecule has 0 radical (unpaired) electrons. The molecule has 1 amide bonds. The Bertz CT molecular complexity index is 524. The molecule has 2 aromatic rings. The molecule has 5 nitrogen and oxygen atoms in total. The van der Waals surface area contributed by atoms with E-state index in [2.05, 4.69) is 36.2 Å². The number of anilines is 1. The molecule has 0 aliphatic heterocycles. The molecule has 0 aliphatic rings. The number of hydrogen-bond donors (Lipinski definition) is 1. The van der Waals surface area contributed by atoms with Crippen molar-refractivity contribution < 1.29 is 9.42 Å². The minimum Gasteiger partial charge on any atom is -0.320 e. The highest BCUT2D eigenvalue weighted by Crippen LogP contribution is 2.16. The van der Waals surface area contributed by atoms with Crippen molar-refractivity contribution in [3.8, 4) is 0 Å². The van der Waals surface area contributed by atoms with Crippen LogP contribution in [0.5, 0.6) is 0 Å². The first kappa shape index (κ1) is 10.8. The number of benzene rings is 1. The third kappa shape index (κ3) is 2.27. The molecule has 0 spiro atoms. The maximum Gasteiger partial charge on any atom is 0.279 e. The van der Waals surface area contributed by atoms with Gasteiger partial charge in [-0.05, 0) is 30.3 Å². The van der Waals surface area contributed by atoms with Crippen molar-refractivity contribution in [2.24, 2.45) is 0 Å². The molecular formula is C10H8BrN3O2. The Hall–Kier alpha value is -1.69. The number of nitrogens with zero attached hydrogens (tertiary/aromatic N) is 2. The van der Waals surface area contributed by atoms with Gasteiger partial charge in [0.1, 0.15) is 5.69 Å². The third-order valence-electron chi connectivity index (χ3n) is 1.95. The molecule has 0 bridgehead atoms. The van der Waals surface area contributed by atoms with Gasteiger partial charge in [0.05, 0.1) is 0 Å². The smallest absolute Gasteiger partial charge is 0.279 e. The summed E-state index contributed by atoms with van der Waals surface area (Å²) in [7, 11) is 0. The normalized spacial score (nSPS) is 10.1. The Balaban J connectivity index is 2.17. The molecule has 1 heterocycles. The maximum atomic E-state index is 11.7. The van der Waals surface area contributed by atoms with E-state index in [0.29, 0.717) is 11.4 Å². The number of hydrogen-bond acceptors (Lipinski definition) is 4. The third-order valence-corrected chi connectivity index (χ3v) is 2.44. The highest BCUT2D eigenvalue weighted by molar-refractivity contribution is 9.10. The number of carbonyl (C=O) groups excluding carboxylic acids is 1. The summed E-state index contributed by atoms with van der Waals surface area (Å²) in [6, 6.07) is 7.28. The highest BCUT2D eigenvalue weighted by Gasteiger charge is 2.14. The van der Waals surface area contributed by atoms with E-state index in [0.717, 1.165) is 4.47 Å². The molecule has 0 aliphatic carbocycles. The fourth-order valence-electron chi connectivity index (χ4n) is 1.19. The lowest BCUT2D eigenvalue weighted by Gasteiger charge is -2.02. The van der Waals surface area contributed by atoms with Crippen LogP contribution < -0.4 is 5.32 Å². The maximum absolute atomic E-state index is 11.7. The molecule has 6 heteroatoms. The Morgan fingerprint density at radius 1 is 1.44 bits per heavy atom. The molecule has 0 saturated carbocycles. The zero-order valence-electron chi connectivity index (χ0n) is 8.40. The number of nitrogens with one attached hydrogen (secondary N) is 1. The van der Waals surface area contributed by atoms with Crippen molar-refractivity contribution in [3.63, 3.8) is 0 Å². The van der Waals surface area contributed by atoms with Crippen molar-refractivity contribution in [3.05, 3.63) is 40.1 Å². The summed E-state index contributed by atoms with van der Waals surface area (Å²) >= 11 is 3.32. The van der Waals surface area contributed by atoms with Gasteiger partial charge in [-0.3, -0.25) is 4.79 Å². The molecule has 0 fully saturated rings. The van der Waals surface area contributed by atoms with Gasteiger partial charge < -0.3 is 5.32 Å². The zero-order valence-corrected chi connectivity index (χ0v) is 9.98. The minimum atomic E-state index is -0.336. The van der Waals surface area contributed by atoms with Crippen LogP contribution in [0.1, 0.15) is 16.2 Å². The molecule has 82 valence electrons. The average Bonchev–Trinajstić information content (AvgIpc) is 2.64. The van der Waals surface area contributed by atoms with Crippen LogP contribution >= 0.6 is 15.9 Å². The van der Waals surface area contributed by atoms with E-state index in [1.807, 2.05) is 12.1 Å². The molecule has 0 unspecified atom stereocenters. The zero-order chi connectivity index (χ0) is 11.5. The van der Waals surface area contributed by atoms with Gasteiger partial charge in [-0.15, -0.1) is 0 Å². The molecule has 0 saturated heterocycles. The van der Waals surface area contributed by atoms with Gasteiger partial charge in [-0.1, -0.05) is 27.2 Å². The SMILES string of the molecule is Cc1nonc1C(=O)Nc1cccc(Br)c1. The van der Waals surface area contributed by atoms with Crippen molar-refractivity contribution >= 4 is 27.5 Å². The van der Waals surface area contributed by atoms with E-state index < -0.39 is 0 Å². The Kier molecular flexibility index (Phi) is 3.00. The lowest BCUT2D eigenvalue weighted by Crippen LogP contribution is -2.13. The number of carbonyl (C=O) groups is 1. The quantitative estimate of drug-likeness (QED) is 0.918. The number of halogens is 1. The number of rotatable bonds is 2. The summed E-state index contributed by atoms with van der Waals surface area (Å²) in [4.78, 5) is 11.7. The van der Waals surface area contributed by atoms with Crippen LogP contribution in [-0.4, -0.2) is 16.2 Å². The van der Waals surface area contributed by atoms with E-state index in [1.54, 1.807) is 19.1 Å². The van der Waals surface area contributed by atoms with Crippen molar-refractivity contribution in [1.29, 1.82) is 0 Å². The Labute approximate surface area is 99.9 Å². The number of aromatic nitrogens is 2. The van der Waals surface area contributed by atoms with Crippen LogP contribution in [0.3, 0.4) is 0 Å². The highest BCUT2D eigenvalue weighted by atomic mass is 79.9. The first-order chi connectivity index (χ1) is 7.66. The van der Waals surface area contributed by atoms with Gasteiger partial charge in [0.15, 0.2) is 5.69 Å². The van der Waals surface area contributed by atoms with Gasteiger partial charge in [0, 0.05) is 10.2 Å². The van der Waals surface area contributed by atoms with Gasteiger partial charge in [-0.25, -0.2) is 4.63 Å². The second-order valence-corrected chi connectivity index (χ2v) is 4.08. The van der Waals surface area contributed by atoms with Crippen LogP contribution in [0.15, 0.2) is 33.4 Å². The largest absolute Gasteiger partial charge is 0.320 e. The van der Waals surface area contributed by atoms with Gasteiger partial charge in [0.25, 0.3) is 5.91 Å². The number of aryl methyl sites for hydroxylation is 1. The van der Waals surface area contributed by atoms with E-state index in [4.69, 9.17) is 0 Å². The van der Waals surface area contributed by atoms with E-state index in [9.17, 15) is 4.79 Å². The summed E-state index contributed by atoms with van der Waals surface area (Å²) in [5, 5.41) is 9.76. The topological polar surface area (TPSA) is 68.0 Å². The molecule has 1 aromatic heterocycles. The van der Waals surface area contributed by atoms with E-state index in [1.165, 1.54) is 0 Å². The molecule has 1 N–H and O–H groups in total. The van der Waals surface area contributed by atoms with Crippen LogP contribution in [0.4, 0.5) is 5.69 Å². The van der Waals surface area contributed by atoms with Crippen LogP contribution in [0, 0.1) is 6.92 Å². The first-order valence-corrected chi connectivity index (χ1v) is 5.32. The van der Waals surface area contributed by atoms with E-state index >= 15 is 0 Å². The summed E-state index contributed by atoms with van der Waals surface area (Å²) in [6.07, 6.45) is 0. The summed E-state index contributed by atoms with van der Waals surface area (Å²) < 4.78 is 5.35. The Morgan fingerprint density at radius 2 is 2.25 bits per heavy atom. The van der Waals surface area contributed by atoms with Crippen LogP contribution in [0.25, 0.3) is 0 Å². The summed E-state index contributed by atoms with van der Waals surface area (Å²) in [6.45, 7) is 1.66. The van der Waals surface area contributed by atoms with Gasteiger partial charge >= 0.3 is 0 Å². The molecule has 16 heavy (non-hydrogen) atoms. The lowest BCUT2D eigenvalue weighted by atomic mass is 10.3. The molecular weight excluding hydrogens is 274 g/mol. The minimum absolute atomic E-state index is 0.194. The van der Waals surface area contributed by atoms with Crippen LogP contribution in [-0.2, 0) is 0 Å². The molecule has 0 atom stereocenters. The molecule has 1 aromatic carbocycles. The second kappa shape index (κ2) is 4.44. The van der Waals surface area contributed by atoms with Gasteiger partial charge in [-0.2, -0.15) is 0 Å². The van der Waals surface area contributed by atoms with Crippen molar-refractivity contribution in [1.82, 2.24) is 10.3 Å². The predicted octanol–water partition coefficient (Wildman–Crippen LogP) is 2.39. The average molecular weight is 282 g/mol. The Morgan fingerprint density at radius 3 is 2.88 bits per heavy atom. The summed E-state index contributed by atoms with van der Waals surface area (Å²) in [5.41, 5.74) is 1.34. The second-order valence-electron chi connectivity index (χ2n) is 3.16. The standard InChI is InChI=1S/C10H8BrN3O2/c1-6-9(14-16-13-6)10(15)12-8-4-2-3-7(11)5-8/h2-5H,1H3,(H,12,15). The fraction of sp³-hybridized carbons (Fsp3) is 0.100. The monoisotopic (exact) mass is 281 g/mol. The van der Waals surface area contributed by atoms with Crippen molar-refractivity contribution in [2.75, 3.05) is 5.32 Å². The number of amides is 1. The van der Waals surface area contributed by atoms with Crippen molar-refractivity contribution in [2.45, 2.75) is 6.92 Å². The first-order valence-electron chi connectivity index (χ1n) is 4.53. The van der Waals surface area contributed by atoms with Crippen LogP contribution in [0.2, 0.25) is 0 Å². The summed E-state index contributed by atoms with van der Waals surface area (Å²) in [5.74, 6) is -0.336. The molecule has 2 rings (SSSR count). The van der Waals surface area contributed by atoms with Gasteiger partial charge in [0.2, 0.25) is 0 Å².